The second kappa shape index (κ2) is 5.19. The first-order chi connectivity index (χ1) is 7.91. The molecule has 17 heavy (non-hydrogen) atoms. The number of hydrogen-bond acceptors (Lipinski definition) is 4. The predicted molar refractivity (Wildman–Crippen MR) is 54.5 cm³/mol. The van der Waals surface area contributed by atoms with Crippen LogP contribution in [0.2, 0.25) is 0 Å². The van der Waals surface area contributed by atoms with E-state index in [0.717, 1.165) is 12.1 Å². The summed E-state index contributed by atoms with van der Waals surface area (Å²) in [5.74, 6) is -1.49. The van der Waals surface area contributed by atoms with Gasteiger partial charge in [0.1, 0.15) is 5.56 Å². The van der Waals surface area contributed by atoms with Crippen LogP contribution in [0.5, 0.6) is 0 Å². The molecule has 0 fully saturated rings. The van der Waals surface area contributed by atoms with Crippen LogP contribution in [0.3, 0.4) is 0 Å². The molecule has 0 unspecified atom stereocenters. The molecule has 1 aromatic rings. The summed E-state index contributed by atoms with van der Waals surface area (Å²) in [5, 5.41) is 21.5. The van der Waals surface area contributed by atoms with Crippen LogP contribution in [0.4, 0.5) is 20.2 Å². The molecule has 0 amide bonds. The average molecular weight is 246 g/mol. The molecule has 1 rings (SSSR count). The largest absolute Gasteiger partial charge is 0.477 e. The average Bonchev–Trinajstić information content (AvgIpc) is 2.25. The maximum Gasteiger partial charge on any atom is 0.342 e. The second-order valence-corrected chi connectivity index (χ2v) is 3.07. The quantitative estimate of drug-likeness (QED) is 0.612. The minimum Gasteiger partial charge on any atom is -0.477 e. The Morgan fingerprint density at radius 3 is 2.65 bits per heavy atom. The fraction of sp³-hybridized carbons (Fsp3) is 0.222. The number of benzene rings is 1. The molecule has 0 saturated carbocycles. The Hall–Kier alpha value is -2.25. The fourth-order valence-electron chi connectivity index (χ4n) is 1.17. The van der Waals surface area contributed by atoms with Crippen LogP contribution >= 0.6 is 0 Å². The van der Waals surface area contributed by atoms with Crippen molar-refractivity contribution in [1.29, 1.82) is 0 Å². The van der Waals surface area contributed by atoms with E-state index in [1.165, 1.54) is 6.07 Å². The van der Waals surface area contributed by atoms with Crippen LogP contribution in [0.15, 0.2) is 18.2 Å². The number of aromatic carboxylic acids is 1. The number of alkyl halides is 2. The zero-order valence-electron chi connectivity index (χ0n) is 8.39. The number of nitrogens with zero attached hydrogens (tertiary/aromatic N) is 1. The van der Waals surface area contributed by atoms with Gasteiger partial charge in [0.15, 0.2) is 0 Å². The first kappa shape index (κ1) is 12.8. The molecule has 0 spiro atoms. The van der Waals surface area contributed by atoms with Crippen molar-refractivity contribution in [1.82, 2.24) is 0 Å². The van der Waals surface area contributed by atoms with E-state index in [0.29, 0.717) is 0 Å². The highest BCUT2D eigenvalue weighted by atomic mass is 19.3. The number of carbonyl (C=O) groups is 1. The van der Waals surface area contributed by atoms with E-state index in [9.17, 15) is 23.7 Å². The molecule has 0 radical (unpaired) electrons. The molecule has 0 aromatic heterocycles. The highest BCUT2D eigenvalue weighted by Gasteiger charge is 2.20. The van der Waals surface area contributed by atoms with Gasteiger partial charge in [-0.1, -0.05) is 0 Å². The van der Waals surface area contributed by atoms with Crippen molar-refractivity contribution in [2.24, 2.45) is 0 Å². The lowest BCUT2D eigenvalue weighted by atomic mass is 10.1. The number of hydrogen-bond donors (Lipinski definition) is 2. The van der Waals surface area contributed by atoms with Crippen molar-refractivity contribution in [3.05, 3.63) is 33.9 Å². The van der Waals surface area contributed by atoms with E-state index in [1.807, 2.05) is 0 Å². The highest BCUT2D eigenvalue weighted by molar-refractivity contribution is 5.93. The van der Waals surface area contributed by atoms with Crippen molar-refractivity contribution < 1.29 is 23.6 Å². The van der Waals surface area contributed by atoms with Crippen molar-refractivity contribution in [3.63, 3.8) is 0 Å². The SMILES string of the molecule is O=C(O)c1cc(NCC(F)F)ccc1[N+](=O)[O-]. The Balaban J connectivity index is 3.02. The monoisotopic (exact) mass is 246 g/mol. The summed E-state index contributed by atoms with van der Waals surface area (Å²) >= 11 is 0. The summed E-state index contributed by atoms with van der Waals surface area (Å²) in [4.78, 5) is 20.4. The number of halogens is 2. The Morgan fingerprint density at radius 2 is 2.18 bits per heavy atom. The van der Waals surface area contributed by atoms with Crippen LogP contribution in [0.1, 0.15) is 10.4 Å². The maximum absolute atomic E-state index is 11.9. The summed E-state index contributed by atoms with van der Waals surface area (Å²) < 4.78 is 23.8. The van der Waals surface area contributed by atoms with Crippen molar-refractivity contribution in [2.45, 2.75) is 6.43 Å². The standard InChI is InChI=1S/C9H8F2N2O4/c10-8(11)4-12-5-1-2-7(13(16)17)6(3-5)9(14)15/h1-3,8,12H,4H2,(H,14,15). The van der Waals surface area contributed by atoms with Gasteiger partial charge in [-0.15, -0.1) is 0 Å². The third-order valence-electron chi connectivity index (χ3n) is 1.88. The number of nitrogens with one attached hydrogen (secondary N) is 1. The molecular formula is C9H8F2N2O4. The molecule has 0 aliphatic heterocycles. The zero-order valence-corrected chi connectivity index (χ0v) is 8.39. The third-order valence-corrected chi connectivity index (χ3v) is 1.88. The molecule has 92 valence electrons. The molecule has 6 nitrogen and oxygen atoms in total. The van der Waals surface area contributed by atoms with Crippen LogP contribution in [-0.4, -0.2) is 29.0 Å². The molecule has 0 aliphatic carbocycles. The fourth-order valence-corrected chi connectivity index (χ4v) is 1.17. The molecule has 0 heterocycles. The Labute approximate surface area is 94.0 Å². The van der Waals surface area contributed by atoms with Gasteiger partial charge in [0.05, 0.1) is 11.5 Å². The minimum atomic E-state index is -2.60. The molecule has 0 aliphatic rings. The summed E-state index contributed by atoms with van der Waals surface area (Å²) in [6.07, 6.45) is -2.60. The van der Waals surface area contributed by atoms with Gasteiger partial charge in [0, 0.05) is 11.8 Å². The first-order valence-electron chi connectivity index (χ1n) is 4.45. The van der Waals surface area contributed by atoms with Crippen molar-refractivity contribution >= 4 is 17.3 Å². The molecule has 0 bridgehead atoms. The van der Waals surface area contributed by atoms with E-state index in [2.05, 4.69) is 5.32 Å². The summed E-state index contributed by atoms with van der Waals surface area (Å²) in [6.45, 7) is -0.656. The van der Waals surface area contributed by atoms with Crippen molar-refractivity contribution in [3.8, 4) is 0 Å². The smallest absolute Gasteiger partial charge is 0.342 e. The Morgan fingerprint density at radius 1 is 1.53 bits per heavy atom. The molecular weight excluding hydrogens is 238 g/mol. The van der Waals surface area contributed by atoms with E-state index in [4.69, 9.17) is 5.11 Å². The lowest BCUT2D eigenvalue weighted by molar-refractivity contribution is -0.385. The van der Waals surface area contributed by atoms with Gasteiger partial charge in [-0.25, -0.2) is 13.6 Å². The van der Waals surface area contributed by atoms with Crippen LogP contribution in [0, 0.1) is 10.1 Å². The lowest BCUT2D eigenvalue weighted by Gasteiger charge is -2.06. The Bertz CT molecular complexity index is 451. The number of carboxylic acid groups (broad SMARTS) is 1. The number of nitro benzene ring substituents is 1. The molecule has 1 aromatic carbocycles. The maximum atomic E-state index is 11.9. The van der Waals surface area contributed by atoms with E-state index in [-0.39, 0.29) is 5.69 Å². The van der Waals surface area contributed by atoms with Gasteiger partial charge in [0.25, 0.3) is 12.1 Å². The van der Waals surface area contributed by atoms with Gasteiger partial charge in [-0.2, -0.15) is 0 Å². The summed E-state index contributed by atoms with van der Waals surface area (Å²) in [5.41, 5.74) is -1.04. The van der Waals surface area contributed by atoms with Gasteiger partial charge >= 0.3 is 5.97 Å². The van der Waals surface area contributed by atoms with Gasteiger partial charge in [-0.3, -0.25) is 10.1 Å². The number of anilines is 1. The van der Waals surface area contributed by atoms with E-state index in [1.54, 1.807) is 0 Å². The highest BCUT2D eigenvalue weighted by Crippen LogP contribution is 2.22. The zero-order chi connectivity index (χ0) is 13.0. The summed E-state index contributed by atoms with van der Waals surface area (Å²) in [6, 6.07) is 3.08. The normalized spacial score (nSPS) is 10.3. The van der Waals surface area contributed by atoms with E-state index < -0.39 is 35.1 Å². The molecule has 2 N–H and O–H groups in total. The molecule has 0 saturated heterocycles. The predicted octanol–water partition coefficient (Wildman–Crippen LogP) is 1.97. The van der Waals surface area contributed by atoms with Crippen LogP contribution in [0.25, 0.3) is 0 Å². The number of carboxylic acids is 1. The number of rotatable bonds is 5. The van der Waals surface area contributed by atoms with Crippen molar-refractivity contribution in [2.75, 3.05) is 11.9 Å². The van der Waals surface area contributed by atoms with Gasteiger partial charge < -0.3 is 10.4 Å². The minimum absolute atomic E-state index is 0.0910. The third kappa shape index (κ3) is 3.37. The first-order valence-corrected chi connectivity index (χ1v) is 4.45. The van der Waals surface area contributed by atoms with Crippen LogP contribution < -0.4 is 5.32 Å². The number of nitro groups is 1. The topological polar surface area (TPSA) is 92.5 Å². The molecule has 8 heteroatoms. The summed E-state index contributed by atoms with van der Waals surface area (Å²) in [7, 11) is 0. The van der Waals surface area contributed by atoms with Crippen LogP contribution in [-0.2, 0) is 0 Å². The second-order valence-electron chi connectivity index (χ2n) is 3.07. The Kier molecular flexibility index (Phi) is 3.91. The molecule has 0 atom stereocenters. The van der Waals surface area contributed by atoms with Gasteiger partial charge in [0.2, 0.25) is 0 Å². The van der Waals surface area contributed by atoms with E-state index >= 15 is 0 Å². The lowest BCUT2D eigenvalue weighted by Crippen LogP contribution is -2.11. The van der Waals surface area contributed by atoms with Gasteiger partial charge in [-0.05, 0) is 12.1 Å².